The van der Waals surface area contributed by atoms with Crippen molar-refractivity contribution < 1.29 is 0 Å². The van der Waals surface area contributed by atoms with Crippen molar-refractivity contribution in [3.63, 3.8) is 0 Å². The first kappa shape index (κ1) is 11.8. The maximum Gasteiger partial charge on any atom is 0.138 e. The van der Waals surface area contributed by atoms with Gasteiger partial charge in [-0.05, 0) is 30.7 Å². The summed E-state index contributed by atoms with van der Waals surface area (Å²) in [5.74, 6) is 0.909. The van der Waals surface area contributed by atoms with Crippen molar-refractivity contribution >= 4 is 27.4 Å². The quantitative estimate of drug-likeness (QED) is 0.804. The van der Waals surface area contributed by atoms with Gasteiger partial charge in [-0.25, -0.2) is 9.97 Å². The van der Waals surface area contributed by atoms with Crippen LogP contribution in [-0.2, 0) is 19.5 Å². The van der Waals surface area contributed by atoms with Gasteiger partial charge in [0, 0.05) is 24.3 Å². The Hall–Kier alpha value is -1.95. The van der Waals surface area contributed by atoms with E-state index in [0.29, 0.717) is 0 Å². The van der Waals surface area contributed by atoms with Gasteiger partial charge in [0.25, 0.3) is 0 Å². The maximum absolute atomic E-state index is 4.47. The van der Waals surface area contributed by atoms with Crippen molar-refractivity contribution in [3.05, 3.63) is 35.2 Å². The van der Waals surface area contributed by atoms with Crippen LogP contribution in [0.1, 0.15) is 24.1 Å². The molecule has 0 aromatic carbocycles. The molecule has 4 heterocycles. The minimum Gasteiger partial charge on any atom is -0.365 e. The molecule has 5 nitrogen and oxygen atoms in total. The summed E-state index contributed by atoms with van der Waals surface area (Å²) >= 11 is 1.64. The lowest BCUT2D eigenvalue weighted by molar-refractivity contribution is 0.484. The van der Waals surface area contributed by atoms with Crippen LogP contribution in [0, 0.1) is 0 Å². The Labute approximate surface area is 120 Å². The van der Waals surface area contributed by atoms with Gasteiger partial charge in [-0.15, -0.1) is 11.3 Å². The van der Waals surface area contributed by atoms with E-state index in [4.69, 9.17) is 0 Å². The molecule has 3 aromatic heterocycles. The second-order valence-corrected chi connectivity index (χ2v) is 5.91. The molecule has 0 aliphatic carbocycles. The molecule has 0 amide bonds. The average molecular weight is 285 g/mol. The Balaban J connectivity index is 1.58. The van der Waals surface area contributed by atoms with Crippen LogP contribution in [0.2, 0.25) is 0 Å². The largest absolute Gasteiger partial charge is 0.365 e. The summed E-state index contributed by atoms with van der Waals surface area (Å²) < 4.78 is 2.14. The second kappa shape index (κ2) is 4.86. The fraction of sp³-hybridized carbons (Fsp3) is 0.357. The van der Waals surface area contributed by atoms with Crippen molar-refractivity contribution in [2.45, 2.75) is 32.4 Å². The zero-order valence-electron chi connectivity index (χ0n) is 11.0. The van der Waals surface area contributed by atoms with Crippen LogP contribution in [0.15, 0.2) is 24.0 Å². The minimum atomic E-state index is 0.775. The summed E-state index contributed by atoms with van der Waals surface area (Å²) in [6, 6.07) is 2.07. The highest BCUT2D eigenvalue weighted by Crippen LogP contribution is 2.25. The van der Waals surface area contributed by atoms with E-state index < -0.39 is 0 Å². The predicted molar refractivity (Wildman–Crippen MR) is 79.9 cm³/mol. The van der Waals surface area contributed by atoms with E-state index in [2.05, 4.69) is 31.1 Å². The lowest BCUT2D eigenvalue weighted by atomic mass is 10.1. The highest BCUT2D eigenvalue weighted by molar-refractivity contribution is 7.16. The highest BCUT2D eigenvalue weighted by Gasteiger charge is 2.14. The fourth-order valence-electron chi connectivity index (χ4n) is 2.74. The van der Waals surface area contributed by atoms with Gasteiger partial charge < -0.3 is 5.32 Å². The molecule has 1 aliphatic heterocycles. The molecule has 1 aliphatic rings. The molecule has 0 spiro atoms. The third-order valence-corrected chi connectivity index (χ3v) is 4.60. The summed E-state index contributed by atoms with van der Waals surface area (Å²) in [4.78, 5) is 9.64. The van der Waals surface area contributed by atoms with E-state index in [-0.39, 0.29) is 0 Å². The molecule has 0 bridgehead atoms. The van der Waals surface area contributed by atoms with Gasteiger partial charge in [0.2, 0.25) is 0 Å². The Morgan fingerprint density at radius 1 is 1.30 bits per heavy atom. The zero-order chi connectivity index (χ0) is 13.4. The van der Waals surface area contributed by atoms with Gasteiger partial charge in [0.15, 0.2) is 0 Å². The van der Waals surface area contributed by atoms with Crippen LogP contribution in [-0.4, -0.2) is 19.7 Å². The van der Waals surface area contributed by atoms with E-state index in [0.717, 1.165) is 35.5 Å². The molecular formula is C14H15N5S. The van der Waals surface area contributed by atoms with E-state index in [9.17, 15) is 0 Å². The van der Waals surface area contributed by atoms with Crippen LogP contribution >= 0.6 is 11.3 Å². The second-order valence-electron chi connectivity index (χ2n) is 5.01. The monoisotopic (exact) mass is 285 g/mol. The molecule has 3 aromatic rings. The molecule has 0 unspecified atom stereocenters. The number of hydrogen-bond donors (Lipinski definition) is 1. The van der Waals surface area contributed by atoms with Crippen molar-refractivity contribution in [3.8, 4) is 0 Å². The molecule has 1 N–H and O–H groups in total. The first-order chi connectivity index (χ1) is 9.92. The lowest BCUT2D eigenvalue weighted by Gasteiger charge is -2.15. The smallest absolute Gasteiger partial charge is 0.138 e. The number of thiophene rings is 1. The maximum atomic E-state index is 4.47. The number of aryl methyl sites for hydroxylation is 1. The van der Waals surface area contributed by atoms with Crippen molar-refractivity contribution in [2.75, 3.05) is 5.32 Å². The first-order valence-corrected chi connectivity index (χ1v) is 7.75. The van der Waals surface area contributed by atoms with E-state index in [1.54, 1.807) is 17.7 Å². The van der Waals surface area contributed by atoms with E-state index in [1.807, 2.05) is 11.6 Å². The molecule has 4 rings (SSSR count). The van der Waals surface area contributed by atoms with Gasteiger partial charge in [0.05, 0.1) is 11.6 Å². The molecule has 0 atom stereocenters. The molecule has 6 heteroatoms. The van der Waals surface area contributed by atoms with Crippen molar-refractivity contribution in [1.82, 2.24) is 19.7 Å². The summed E-state index contributed by atoms with van der Waals surface area (Å²) in [5, 5.41) is 11.0. The Kier molecular flexibility index (Phi) is 2.88. The summed E-state index contributed by atoms with van der Waals surface area (Å²) in [6.45, 7) is 1.83. The minimum absolute atomic E-state index is 0.775. The molecule has 0 fully saturated rings. The number of fused-ring (bicyclic) bond motifs is 2. The standard InChI is InChI=1S/C14H15N5S/c1-2-5-19-12(3-1)10(8-18-19)7-15-13-11-4-6-20-14(11)17-9-16-13/h4,6,8-9H,1-3,5,7H2,(H,15,16,17). The molecule has 102 valence electrons. The molecular weight excluding hydrogens is 270 g/mol. The van der Waals surface area contributed by atoms with Crippen LogP contribution in [0.3, 0.4) is 0 Å². The summed E-state index contributed by atoms with van der Waals surface area (Å²) in [5.41, 5.74) is 2.66. The fourth-order valence-corrected chi connectivity index (χ4v) is 3.48. The first-order valence-electron chi connectivity index (χ1n) is 6.87. The van der Waals surface area contributed by atoms with Gasteiger partial charge >= 0.3 is 0 Å². The Morgan fingerprint density at radius 2 is 2.30 bits per heavy atom. The molecule has 0 radical (unpaired) electrons. The average Bonchev–Trinajstić information content (AvgIpc) is 3.12. The third-order valence-electron chi connectivity index (χ3n) is 3.78. The predicted octanol–water partition coefficient (Wildman–Crippen LogP) is 2.84. The highest BCUT2D eigenvalue weighted by atomic mass is 32.1. The van der Waals surface area contributed by atoms with Gasteiger partial charge in [-0.2, -0.15) is 5.10 Å². The van der Waals surface area contributed by atoms with E-state index >= 15 is 0 Å². The number of aromatic nitrogens is 4. The number of nitrogens with one attached hydrogen (secondary N) is 1. The lowest BCUT2D eigenvalue weighted by Crippen LogP contribution is -2.13. The topological polar surface area (TPSA) is 55.6 Å². The van der Waals surface area contributed by atoms with Crippen LogP contribution in [0.5, 0.6) is 0 Å². The van der Waals surface area contributed by atoms with Crippen LogP contribution in [0.4, 0.5) is 5.82 Å². The zero-order valence-corrected chi connectivity index (χ0v) is 11.9. The number of nitrogens with zero attached hydrogens (tertiary/aromatic N) is 4. The van der Waals surface area contributed by atoms with Crippen molar-refractivity contribution in [2.24, 2.45) is 0 Å². The molecule has 0 saturated heterocycles. The Bertz CT molecular complexity index is 745. The number of hydrogen-bond acceptors (Lipinski definition) is 5. The van der Waals surface area contributed by atoms with Gasteiger partial charge in [0.1, 0.15) is 17.0 Å². The number of anilines is 1. The van der Waals surface area contributed by atoms with Gasteiger partial charge in [-0.1, -0.05) is 0 Å². The SMILES string of the molecule is c1nc(NCc2cnn3c2CCCC3)c2ccsc2n1. The molecule has 20 heavy (non-hydrogen) atoms. The van der Waals surface area contributed by atoms with Gasteiger partial charge in [-0.3, -0.25) is 4.68 Å². The number of rotatable bonds is 3. The Morgan fingerprint density at radius 3 is 3.30 bits per heavy atom. The summed E-state index contributed by atoms with van der Waals surface area (Å²) in [7, 11) is 0. The third kappa shape index (κ3) is 1.96. The van der Waals surface area contributed by atoms with Crippen LogP contribution in [0.25, 0.3) is 10.2 Å². The summed E-state index contributed by atoms with van der Waals surface area (Å²) in [6.07, 6.45) is 7.24. The van der Waals surface area contributed by atoms with Crippen molar-refractivity contribution in [1.29, 1.82) is 0 Å². The van der Waals surface area contributed by atoms with Crippen LogP contribution < -0.4 is 5.32 Å². The molecule has 0 saturated carbocycles. The normalized spacial score (nSPS) is 14.4. The van der Waals surface area contributed by atoms with E-state index in [1.165, 1.54) is 24.1 Å².